The Morgan fingerprint density at radius 3 is 2.53 bits per heavy atom. The van der Waals surface area contributed by atoms with E-state index in [0.717, 1.165) is 34.3 Å². The van der Waals surface area contributed by atoms with Crippen molar-refractivity contribution in [3.63, 3.8) is 0 Å². The largest absolute Gasteiger partial charge is 0.343 e. The zero-order valence-corrected chi connectivity index (χ0v) is 11.0. The van der Waals surface area contributed by atoms with Gasteiger partial charge in [-0.15, -0.1) is 6.58 Å². The van der Waals surface area contributed by atoms with Gasteiger partial charge in [-0.2, -0.15) is 0 Å². The summed E-state index contributed by atoms with van der Waals surface area (Å²) in [5.74, 6) is 0.381. The van der Waals surface area contributed by atoms with Gasteiger partial charge in [0, 0.05) is 28.0 Å². The Morgan fingerprint density at radius 2 is 2.13 bits per heavy atom. The molecule has 2 nitrogen and oxygen atoms in total. The van der Waals surface area contributed by atoms with Crippen molar-refractivity contribution in [2.75, 3.05) is 0 Å². The summed E-state index contributed by atoms with van der Waals surface area (Å²) in [6, 6.07) is 0. The molecule has 0 unspecified atom stereocenters. The molecule has 0 aliphatic rings. The van der Waals surface area contributed by atoms with Gasteiger partial charge >= 0.3 is 0 Å². The third-order valence-corrected chi connectivity index (χ3v) is 3.36. The second-order valence-corrected chi connectivity index (χ2v) is 4.66. The highest BCUT2D eigenvalue weighted by atomic mass is 79.9. The van der Waals surface area contributed by atoms with E-state index in [0.29, 0.717) is 5.92 Å². The van der Waals surface area contributed by atoms with Gasteiger partial charge in [0.15, 0.2) is 6.29 Å². The van der Waals surface area contributed by atoms with E-state index < -0.39 is 0 Å². The molecule has 0 amide bonds. The number of aldehydes is 1. The average Bonchev–Trinajstić information content (AvgIpc) is 2.39. The number of hydrogen-bond donors (Lipinski definition) is 0. The van der Waals surface area contributed by atoms with Crippen molar-refractivity contribution in [1.29, 1.82) is 0 Å². The Morgan fingerprint density at radius 1 is 1.53 bits per heavy atom. The van der Waals surface area contributed by atoms with Crippen LogP contribution in [0.3, 0.4) is 0 Å². The molecule has 0 atom stereocenters. The number of aromatic nitrogens is 1. The molecular formula is C12H16BrNO. The molecule has 0 aliphatic carbocycles. The predicted molar refractivity (Wildman–Crippen MR) is 66.5 cm³/mol. The smallest absolute Gasteiger partial charge is 0.153 e. The molecule has 1 heterocycles. The predicted octanol–water partition coefficient (Wildman–Crippen LogP) is 3.68. The summed E-state index contributed by atoms with van der Waals surface area (Å²) < 4.78 is 3.05. The van der Waals surface area contributed by atoms with Crippen LogP contribution in [0.5, 0.6) is 0 Å². The Balaban J connectivity index is 3.45. The number of carbonyl (C=O) groups excluding carboxylic acids is 1. The summed E-state index contributed by atoms with van der Waals surface area (Å²) in [6.07, 6.45) is 2.75. The second-order valence-electron chi connectivity index (χ2n) is 3.87. The van der Waals surface area contributed by atoms with Gasteiger partial charge in [0.05, 0.1) is 0 Å². The lowest BCUT2D eigenvalue weighted by molar-refractivity contribution is 0.112. The first-order chi connectivity index (χ1) is 7.04. The molecule has 3 heteroatoms. The van der Waals surface area contributed by atoms with Crippen molar-refractivity contribution in [1.82, 2.24) is 4.57 Å². The normalized spacial score (nSPS) is 10.7. The van der Waals surface area contributed by atoms with Gasteiger partial charge < -0.3 is 4.57 Å². The molecule has 0 bridgehead atoms. The summed E-state index contributed by atoms with van der Waals surface area (Å²) in [6.45, 7) is 10.7. The summed E-state index contributed by atoms with van der Waals surface area (Å²) in [7, 11) is 0. The first kappa shape index (κ1) is 12.2. The number of nitrogens with zero attached hydrogens (tertiary/aromatic N) is 1. The van der Waals surface area contributed by atoms with Gasteiger partial charge in [-0.25, -0.2) is 0 Å². The fraction of sp³-hybridized carbons (Fsp3) is 0.417. The van der Waals surface area contributed by atoms with Crippen LogP contribution < -0.4 is 0 Å². The van der Waals surface area contributed by atoms with E-state index in [1.54, 1.807) is 0 Å². The van der Waals surface area contributed by atoms with Gasteiger partial charge in [0.2, 0.25) is 0 Å². The molecule has 0 saturated heterocycles. The number of allylic oxidation sites excluding steroid dienone is 1. The fourth-order valence-electron chi connectivity index (χ4n) is 1.81. The first-order valence-electron chi connectivity index (χ1n) is 4.99. The molecule has 15 heavy (non-hydrogen) atoms. The Labute approximate surface area is 99.1 Å². The lowest BCUT2D eigenvalue weighted by Gasteiger charge is -2.12. The fourth-order valence-corrected chi connectivity index (χ4v) is 2.86. The van der Waals surface area contributed by atoms with Gasteiger partial charge in [0.25, 0.3) is 0 Å². The van der Waals surface area contributed by atoms with E-state index in [1.165, 1.54) is 0 Å². The number of carbonyl (C=O) groups is 1. The lowest BCUT2D eigenvalue weighted by Crippen LogP contribution is -2.05. The number of hydrogen-bond acceptors (Lipinski definition) is 1. The highest BCUT2D eigenvalue weighted by molar-refractivity contribution is 9.10. The van der Waals surface area contributed by atoms with Crippen LogP contribution in [0, 0.1) is 6.92 Å². The Hall–Kier alpha value is -0.830. The van der Waals surface area contributed by atoms with E-state index in [-0.39, 0.29) is 0 Å². The number of halogens is 1. The van der Waals surface area contributed by atoms with Crippen LogP contribution >= 0.6 is 15.9 Å². The van der Waals surface area contributed by atoms with Crippen LogP contribution in [0.15, 0.2) is 17.1 Å². The summed E-state index contributed by atoms with van der Waals surface area (Å²) >= 11 is 3.50. The van der Waals surface area contributed by atoms with Crippen LogP contribution in [0.4, 0.5) is 0 Å². The van der Waals surface area contributed by atoms with Crippen molar-refractivity contribution in [3.05, 3.63) is 34.1 Å². The highest BCUT2D eigenvalue weighted by Gasteiger charge is 2.19. The van der Waals surface area contributed by atoms with E-state index in [1.807, 2.05) is 13.0 Å². The Bertz CT molecular complexity index is 391. The zero-order valence-electron chi connectivity index (χ0n) is 9.38. The standard InChI is InChI=1S/C12H16BrNO/c1-5-6-14-9(4)10(7-15)11(13)12(14)8(2)3/h5,7-8H,1,6H2,2-4H3. The summed E-state index contributed by atoms with van der Waals surface area (Å²) in [4.78, 5) is 11.0. The third kappa shape index (κ3) is 2.07. The molecule has 0 N–H and O–H groups in total. The minimum atomic E-state index is 0.381. The molecule has 1 aromatic rings. The molecule has 0 spiro atoms. The molecule has 0 saturated carbocycles. The molecule has 0 fully saturated rings. The van der Waals surface area contributed by atoms with E-state index >= 15 is 0 Å². The average molecular weight is 270 g/mol. The van der Waals surface area contributed by atoms with Gasteiger partial charge in [-0.1, -0.05) is 19.9 Å². The van der Waals surface area contributed by atoms with Crippen molar-refractivity contribution >= 4 is 22.2 Å². The van der Waals surface area contributed by atoms with Crippen molar-refractivity contribution in [2.45, 2.75) is 33.2 Å². The second kappa shape index (κ2) is 4.79. The van der Waals surface area contributed by atoms with Crippen LogP contribution in [0.25, 0.3) is 0 Å². The van der Waals surface area contributed by atoms with Gasteiger partial charge in [-0.3, -0.25) is 4.79 Å². The highest BCUT2D eigenvalue weighted by Crippen LogP contribution is 2.32. The molecule has 82 valence electrons. The maximum atomic E-state index is 11.0. The molecule has 0 aliphatic heterocycles. The van der Waals surface area contributed by atoms with Crippen molar-refractivity contribution in [3.8, 4) is 0 Å². The quantitative estimate of drug-likeness (QED) is 0.604. The molecule has 1 rings (SSSR count). The van der Waals surface area contributed by atoms with E-state index in [4.69, 9.17) is 0 Å². The lowest BCUT2D eigenvalue weighted by atomic mass is 10.1. The van der Waals surface area contributed by atoms with Crippen LogP contribution in [-0.4, -0.2) is 10.9 Å². The summed E-state index contributed by atoms with van der Waals surface area (Å²) in [5.41, 5.74) is 2.91. The number of rotatable bonds is 4. The maximum absolute atomic E-state index is 11.0. The Kier molecular flexibility index (Phi) is 3.91. The van der Waals surface area contributed by atoms with Gasteiger partial charge in [-0.05, 0) is 28.8 Å². The van der Waals surface area contributed by atoms with Crippen LogP contribution in [0.2, 0.25) is 0 Å². The topological polar surface area (TPSA) is 22.0 Å². The minimum absolute atomic E-state index is 0.381. The molecule has 0 radical (unpaired) electrons. The van der Waals surface area contributed by atoms with Gasteiger partial charge in [0.1, 0.15) is 0 Å². The maximum Gasteiger partial charge on any atom is 0.153 e. The summed E-state index contributed by atoms with van der Waals surface area (Å²) in [5, 5.41) is 0. The van der Waals surface area contributed by atoms with Crippen LogP contribution in [0.1, 0.15) is 41.5 Å². The van der Waals surface area contributed by atoms with E-state index in [9.17, 15) is 4.79 Å². The molecule has 1 aromatic heterocycles. The third-order valence-electron chi connectivity index (χ3n) is 2.52. The monoisotopic (exact) mass is 269 g/mol. The van der Waals surface area contributed by atoms with Crippen molar-refractivity contribution in [2.24, 2.45) is 0 Å². The molecular weight excluding hydrogens is 254 g/mol. The van der Waals surface area contributed by atoms with Crippen molar-refractivity contribution < 1.29 is 4.79 Å². The van der Waals surface area contributed by atoms with E-state index in [2.05, 4.69) is 40.9 Å². The zero-order chi connectivity index (χ0) is 11.6. The SMILES string of the molecule is C=CCn1c(C)c(C=O)c(Br)c1C(C)C. The molecule has 0 aromatic carbocycles. The van der Waals surface area contributed by atoms with Crippen LogP contribution in [-0.2, 0) is 6.54 Å². The first-order valence-corrected chi connectivity index (χ1v) is 5.78. The minimum Gasteiger partial charge on any atom is -0.343 e.